The summed E-state index contributed by atoms with van der Waals surface area (Å²) in [5, 5.41) is 12.3. The van der Waals surface area contributed by atoms with E-state index in [1.165, 1.54) is 23.9 Å². The molecule has 0 bridgehead atoms. The predicted octanol–water partition coefficient (Wildman–Crippen LogP) is 2.76. The summed E-state index contributed by atoms with van der Waals surface area (Å²) in [5.41, 5.74) is -0.993. The van der Waals surface area contributed by atoms with E-state index < -0.39 is 11.5 Å². The Morgan fingerprint density at radius 2 is 2.00 bits per heavy atom. The molecule has 1 unspecified atom stereocenters. The Morgan fingerprint density at radius 3 is 2.44 bits per heavy atom. The molecule has 0 heterocycles. The molecule has 0 aliphatic heterocycles. The second-order valence-electron chi connectivity index (χ2n) is 4.68. The molecule has 0 saturated heterocycles. The number of rotatable bonds is 6. The number of halogens is 1. The lowest BCUT2D eigenvalue weighted by molar-refractivity contribution is -0.143. The van der Waals surface area contributed by atoms with Gasteiger partial charge in [-0.2, -0.15) is 0 Å². The topological polar surface area (TPSA) is 49.3 Å². The van der Waals surface area contributed by atoms with Crippen molar-refractivity contribution >= 4 is 17.7 Å². The summed E-state index contributed by atoms with van der Waals surface area (Å²) in [7, 11) is 0. The van der Waals surface area contributed by atoms with Gasteiger partial charge in [0.1, 0.15) is 11.4 Å². The average Bonchev–Trinajstić information content (AvgIpc) is 2.27. The maximum atomic E-state index is 12.7. The van der Waals surface area contributed by atoms with Crippen LogP contribution in [0.3, 0.4) is 0 Å². The summed E-state index contributed by atoms with van der Waals surface area (Å²) in [6.07, 6.45) is 0. The number of aliphatic carboxylic acids is 1. The number of benzene rings is 1. The number of carboxylic acid groups (broad SMARTS) is 1. The molecule has 1 rings (SSSR count). The molecule has 3 nitrogen and oxygen atoms in total. The predicted molar refractivity (Wildman–Crippen MR) is 71.4 cm³/mol. The zero-order chi connectivity index (χ0) is 13.8. The van der Waals surface area contributed by atoms with Gasteiger partial charge in [0.05, 0.1) is 0 Å². The van der Waals surface area contributed by atoms with Gasteiger partial charge in [-0.3, -0.25) is 10.1 Å². The number of carbonyl (C=O) groups is 1. The van der Waals surface area contributed by atoms with Crippen molar-refractivity contribution in [3.05, 3.63) is 30.1 Å². The number of hydrogen-bond acceptors (Lipinski definition) is 3. The quantitative estimate of drug-likeness (QED) is 0.781. The Labute approximate surface area is 111 Å². The first-order valence-electron chi connectivity index (χ1n) is 5.73. The number of hydrogen-bond donors (Lipinski definition) is 2. The van der Waals surface area contributed by atoms with Crippen LogP contribution in [0.2, 0.25) is 0 Å². The molecule has 0 radical (unpaired) electrons. The highest BCUT2D eigenvalue weighted by Gasteiger charge is 2.33. The van der Waals surface area contributed by atoms with Gasteiger partial charge in [-0.15, -0.1) is 11.8 Å². The first-order valence-corrected chi connectivity index (χ1v) is 6.71. The van der Waals surface area contributed by atoms with E-state index in [0.717, 1.165) is 4.90 Å². The Balaban J connectivity index is 2.68. The van der Waals surface area contributed by atoms with Crippen LogP contribution in [0.5, 0.6) is 0 Å². The summed E-state index contributed by atoms with van der Waals surface area (Å²) in [4.78, 5) is 12.2. The van der Waals surface area contributed by atoms with E-state index in [4.69, 9.17) is 0 Å². The van der Waals surface area contributed by atoms with Crippen LogP contribution in [-0.2, 0) is 4.79 Å². The van der Waals surface area contributed by atoms with E-state index in [0.29, 0.717) is 5.75 Å². The first-order chi connectivity index (χ1) is 8.33. The molecular weight excluding hydrogens is 253 g/mol. The minimum Gasteiger partial charge on any atom is -0.480 e. The van der Waals surface area contributed by atoms with Crippen molar-refractivity contribution in [3.63, 3.8) is 0 Å². The zero-order valence-electron chi connectivity index (χ0n) is 10.7. The number of carboxylic acids is 1. The fraction of sp³-hybridized carbons (Fsp3) is 0.462. The van der Waals surface area contributed by atoms with Gasteiger partial charge in [-0.05, 0) is 45.0 Å². The smallest absolute Gasteiger partial charge is 0.324 e. The summed E-state index contributed by atoms with van der Waals surface area (Å²) >= 11 is 1.40. The average molecular weight is 271 g/mol. The molecule has 100 valence electrons. The lowest BCUT2D eigenvalue weighted by Gasteiger charge is -2.28. The van der Waals surface area contributed by atoms with Crippen LogP contribution in [0.25, 0.3) is 0 Å². The summed E-state index contributed by atoms with van der Waals surface area (Å²) < 4.78 is 12.7. The van der Waals surface area contributed by atoms with E-state index in [2.05, 4.69) is 5.32 Å². The van der Waals surface area contributed by atoms with Crippen LogP contribution in [0.15, 0.2) is 29.2 Å². The molecule has 2 N–H and O–H groups in total. The van der Waals surface area contributed by atoms with Crippen molar-refractivity contribution in [1.82, 2.24) is 5.32 Å². The standard InChI is InChI=1S/C13H18FNO2S/c1-9(2)15-13(3,12(16)17)8-18-11-6-4-10(14)5-7-11/h4-7,9,15H,8H2,1-3H3,(H,16,17). The van der Waals surface area contributed by atoms with Crippen LogP contribution in [0, 0.1) is 5.82 Å². The van der Waals surface area contributed by atoms with Crippen molar-refractivity contribution in [2.24, 2.45) is 0 Å². The third-order valence-corrected chi connectivity index (χ3v) is 3.75. The maximum Gasteiger partial charge on any atom is 0.324 e. The van der Waals surface area contributed by atoms with Gasteiger partial charge in [-0.25, -0.2) is 4.39 Å². The highest BCUT2D eigenvalue weighted by atomic mass is 32.2. The molecule has 0 aromatic heterocycles. The molecule has 5 heteroatoms. The highest BCUT2D eigenvalue weighted by Crippen LogP contribution is 2.23. The minimum atomic E-state index is -0.993. The number of thioether (sulfide) groups is 1. The molecular formula is C13H18FNO2S. The fourth-order valence-corrected chi connectivity index (χ4v) is 2.55. The van der Waals surface area contributed by atoms with Gasteiger partial charge in [-0.1, -0.05) is 0 Å². The summed E-state index contributed by atoms with van der Waals surface area (Å²) in [6.45, 7) is 5.47. The normalized spacial score (nSPS) is 14.5. The van der Waals surface area contributed by atoms with Crippen molar-refractivity contribution in [2.45, 2.75) is 37.2 Å². The molecule has 0 aliphatic rings. The third-order valence-electron chi connectivity index (χ3n) is 2.42. The van der Waals surface area contributed by atoms with Crippen molar-refractivity contribution < 1.29 is 14.3 Å². The molecule has 0 fully saturated rings. The van der Waals surface area contributed by atoms with Crippen LogP contribution in [0.1, 0.15) is 20.8 Å². The molecule has 1 aromatic carbocycles. The SMILES string of the molecule is CC(C)NC(C)(CSc1ccc(F)cc1)C(=O)O. The van der Waals surface area contributed by atoms with E-state index in [1.807, 2.05) is 13.8 Å². The van der Waals surface area contributed by atoms with E-state index in [9.17, 15) is 14.3 Å². The minimum absolute atomic E-state index is 0.0833. The van der Waals surface area contributed by atoms with Crippen LogP contribution in [-0.4, -0.2) is 28.4 Å². The van der Waals surface area contributed by atoms with Crippen molar-refractivity contribution in [2.75, 3.05) is 5.75 Å². The Hall–Kier alpha value is -1.07. The molecule has 0 amide bonds. The Kier molecular flexibility index (Phi) is 5.16. The van der Waals surface area contributed by atoms with Gasteiger partial charge in [0, 0.05) is 16.7 Å². The molecule has 1 aromatic rings. The van der Waals surface area contributed by atoms with E-state index in [1.54, 1.807) is 19.1 Å². The van der Waals surface area contributed by atoms with Crippen LogP contribution >= 0.6 is 11.8 Å². The zero-order valence-corrected chi connectivity index (χ0v) is 11.6. The molecule has 0 spiro atoms. The lowest BCUT2D eigenvalue weighted by Crippen LogP contribution is -2.54. The van der Waals surface area contributed by atoms with E-state index >= 15 is 0 Å². The second kappa shape index (κ2) is 6.20. The van der Waals surface area contributed by atoms with Gasteiger partial charge < -0.3 is 5.11 Å². The monoisotopic (exact) mass is 271 g/mol. The number of nitrogens with one attached hydrogen (secondary N) is 1. The third kappa shape index (κ3) is 4.31. The van der Waals surface area contributed by atoms with Crippen LogP contribution in [0.4, 0.5) is 4.39 Å². The van der Waals surface area contributed by atoms with Gasteiger partial charge >= 0.3 is 5.97 Å². The molecule has 18 heavy (non-hydrogen) atoms. The molecule has 0 aliphatic carbocycles. The largest absolute Gasteiger partial charge is 0.480 e. The first kappa shape index (κ1) is 15.0. The summed E-state index contributed by atoms with van der Waals surface area (Å²) in [5.74, 6) is -0.793. The van der Waals surface area contributed by atoms with Gasteiger partial charge in [0.25, 0.3) is 0 Å². The van der Waals surface area contributed by atoms with Gasteiger partial charge in [0.15, 0.2) is 0 Å². The molecule has 0 saturated carbocycles. The summed E-state index contributed by atoms with van der Waals surface area (Å²) in [6, 6.07) is 6.13. The lowest BCUT2D eigenvalue weighted by atomic mass is 10.1. The Morgan fingerprint density at radius 1 is 1.44 bits per heavy atom. The van der Waals surface area contributed by atoms with Gasteiger partial charge in [0.2, 0.25) is 0 Å². The van der Waals surface area contributed by atoms with Crippen LogP contribution < -0.4 is 5.32 Å². The van der Waals surface area contributed by atoms with E-state index in [-0.39, 0.29) is 11.9 Å². The van der Waals surface area contributed by atoms with Crippen molar-refractivity contribution in [3.8, 4) is 0 Å². The van der Waals surface area contributed by atoms with Crippen molar-refractivity contribution in [1.29, 1.82) is 0 Å². The Bertz CT molecular complexity index is 408. The maximum absolute atomic E-state index is 12.7. The highest BCUT2D eigenvalue weighted by molar-refractivity contribution is 7.99. The molecule has 1 atom stereocenters. The fourth-order valence-electron chi connectivity index (χ4n) is 1.56. The second-order valence-corrected chi connectivity index (χ2v) is 5.73.